The fraction of sp³-hybridized carbons (Fsp3) is 0. The molecule has 0 aromatic heterocycles. The molecule has 0 unspecified atom stereocenters. The SMILES string of the molecule is [CH-]=C/C=C1/C(=O)O[C-]=N[C]1=[W].[Y].[c-]1ccccc1. The summed E-state index contributed by atoms with van der Waals surface area (Å²) in [6.07, 6.45) is 4.88. The number of carbonyl (C=O) groups excluding carboxylic acids is 1. The Morgan fingerprint density at radius 3 is 2.39 bits per heavy atom. The summed E-state index contributed by atoms with van der Waals surface area (Å²) < 4.78 is 5.05. The number of aliphatic imine (C=N–C) groups is 1. The first-order valence-electron chi connectivity index (χ1n) is 4.63. The zero-order valence-corrected chi connectivity index (χ0v) is 15.1. The first-order chi connectivity index (χ1) is 8.25. The van der Waals surface area contributed by atoms with Crippen LogP contribution in [-0.2, 0) is 61.6 Å². The molecule has 0 spiro atoms. The molecule has 5 heteroatoms. The molecule has 1 aromatic rings. The Hall–Kier alpha value is -0.498. The fourth-order valence-electron chi connectivity index (χ4n) is 0.886. The summed E-state index contributed by atoms with van der Waals surface area (Å²) in [5.41, 5.74) is 0.404. The first-order valence-corrected chi connectivity index (χ1v) is 6.10. The maximum absolute atomic E-state index is 10.9. The summed E-state index contributed by atoms with van der Waals surface area (Å²) in [7, 11) is 0. The fourth-order valence-corrected chi connectivity index (χ4v) is 1.56. The number of cyclic esters (lactones) is 1. The molecule has 18 heavy (non-hydrogen) atoms. The van der Waals surface area contributed by atoms with Crippen LogP contribution in [0.25, 0.3) is 0 Å². The molecular weight excluding hydrogens is 475 g/mol. The summed E-state index contributed by atoms with van der Waals surface area (Å²) in [6.45, 7) is 5.11. The molecule has 0 fully saturated rings. The van der Waals surface area contributed by atoms with Crippen molar-refractivity contribution in [3.05, 3.63) is 60.7 Å². The van der Waals surface area contributed by atoms with E-state index in [1.54, 1.807) is 0 Å². The number of ether oxygens (including phenoxy) is 1. The Morgan fingerprint density at radius 1 is 1.33 bits per heavy atom. The van der Waals surface area contributed by atoms with Gasteiger partial charge in [-0.15, -0.1) is 0 Å². The van der Waals surface area contributed by atoms with E-state index in [1.165, 1.54) is 12.2 Å². The van der Waals surface area contributed by atoms with Crippen molar-refractivity contribution in [2.75, 3.05) is 0 Å². The Morgan fingerprint density at radius 2 is 2.00 bits per heavy atom. The molecule has 0 bridgehead atoms. The van der Waals surface area contributed by atoms with Crippen LogP contribution in [0.2, 0.25) is 0 Å². The van der Waals surface area contributed by atoms with Gasteiger partial charge in [-0.3, -0.25) is 0 Å². The Labute approximate surface area is 142 Å². The van der Waals surface area contributed by atoms with Gasteiger partial charge in [0.05, 0.1) is 0 Å². The largest absolute Gasteiger partial charge is 0.184 e. The average molecular weight is 483 g/mol. The minimum atomic E-state index is -0.452. The normalized spacial score (nSPS) is 15.0. The Kier molecular flexibility index (Phi) is 10.1. The van der Waals surface area contributed by atoms with E-state index in [2.05, 4.69) is 22.2 Å². The van der Waals surface area contributed by atoms with Crippen molar-refractivity contribution in [1.29, 1.82) is 0 Å². The molecule has 1 aromatic carbocycles. The summed E-state index contributed by atoms with van der Waals surface area (Å²) >= 11 is 1.08. The number of hydrogen-bond donors (Lipinski definition) is 0. The molecule has 0 atom stereocenters. The van der Waals surface area contributed by atoms with E-state index < -0.39 is 5.97 Å². The van der Waals surface area contributed by atoms with E-state index in [-0.39, 0.29) is 32.7 Å². The van der Waals surface area contributed by atoms with Crippen LogP contribution in [0.15, 0.2) is 53.0 Å². The van der Waals surface area contributed by atoms with Gasteiger partial charge in [0.25, 0.3) is 0 Å². The standard InChI is InChI=1S/C7H3NO2.C6H5.W.Y/c1-2-3-6-4-8-5-10-7(6)9;1-2-4-6-5-3-1;;/h1-3H;1-5H;;/q-2;-1;;/b6-3+;;;. The second kappa shape index (κ2) is 10.4. The van der Waals surface area contributed by atoms with Crippen molar-refractivity contribution < 1.29 is 61.6 Å². The van der Waals surface area contributed by atoms with Crippen LogP contribution in [0.3, 0.4) is 0 Å². The summed E-state index contributed by atoms with van der Waals surface area (Å²) in [5, 5.41) is 0. The minimum absolute atomic E-state index is 0. The third-order valence-electron chi connectivity index (χ3n) is 1.61. The Balaban J connectivity index is 0.000000352. The topological polar surface area (TPSA) is 38.7 Å². The molecule has 0 saturated heterocycles. The Bertz CT molecular complexity index is 442. The molecule has 2 rings (SSSR count). The van der Waals surface area contributed by atoms with E-state index in [0.29, 0.717) is 9.59 Å². The molecule has 1 aliphatic rings. The van der Waals surface area contributed by atoms with E-state index in [1.807, 2.05) is 30.3 Å². The molecule has 3 nitrogen and oxygen atoms in total. The van der Waals surface area contributed by atoms with Gasteiger partial charge in [-0.25, -0.2) is 0 Å². The van der Waals surface area contributed by atoms with Crippen molar-refractivity contribution in [2.24, 2.45) is 4.99 Å². The number of hydrogen-bond acceptors (Lipinski definition) is 3. The van der Waals surface area contributed by atoms with Gasteiger partial charge in [-0.1, -0.05) is 0 Å². The van der Waals surface area contributed by atoms with Crippen LogP contribution in [0.1, 0.15) is 0 Å². The molecule has 1 heterocycles. The minimum Gasteiger partial charge on any atom is -0.184 e. The van der Waals surface area contributed by atoms with Crippen LogP contribution >= 0.6 is 0 Å². The summed E-state index contributed by atoms with van der Waals surface area (Å²) in [4.78, 5) is 14.6. The zero-order valence-electron chi connectivity index (χ0n) is 9.37. The van der Waals surface area contributed by atoms with Crippen molar-refractivity contribution in [3.63, 3.8) is 0 Å². The molecule has 0 N–H and O–H groups in total. The van der Waals surface area contributed by atoms with E-state index in [9.17, 15) is 4.79 Å². The van der Waals surface area contributed by atoms with E-state index >= 15 is 0 Å². The number of rotatable bonds is 1. The molecule has 0 saturated carbocycles. The van der Waals surface area contributed by atoms with Gasteiger partial charge < -0.3 is 0 Å². The monoisotopic (exact) mass is 483 g/mol. The van der Waals surface area contributed by atoms with Crippen LogP contribution in [0.5, 0.6) is 0 Å². The maximum Gasteiger partial charge on any atom is 0 e. The van der Waals surface area contributed by atoms with Crippen molar-refractivity contribution in [3.8, 4) is 0 Å². The molecule has 0 aliphatic carbocycles. The van der Waals surface area contributed by atoms with Gasteiger partial charge in [-0.05, 0) is 0 Å². The smallest absolute Gasteiger partial charge is 0 e. The second-order valence-electron chi connectivity index (χ2n) is 2.75. The van der Waals surface area contributed by atoms with Crippen molar-refractivity contribution >= 4 is 16.4 Å². The maximum atomic E-state index is 10.9. The number of esters is 1. The van der Waals surface area contributed by atoms with Gasteiger partial charge in [-0.2, -0.15) is 36.4 Å². The zero-order chi connectivity index (χ0) is 12.5. The quantitative estimate of drug-likeness (QED) is 0.346. The summed E-state index contributed by atoms with van der Waals surface area (Å²) in [5.74, 6) is -0.452. The van der Waals surface area contributed by atoms with Gasteiger partial charge in [0.2, 0.25) is 0 Å². The molecule has 1 aliphatic heterocycles. The first kappa shape index (κ1) is 17.5. The van der Waals surface area contributed by atoms with Crippen molar-refractivity contribution in [1.82, 2.24) is 0 Å². The molecule has 89 valence electrons. The number of allylic oxidation sites excluding steroid dienone is 2. The van der Waals surface area contributed by atoms with E-state index in [4.69, 9.17) is 6.58 Å². The van der Waals surface area contributed by atoms with Crippen LogP contribution in [-0.4, -0.2) is 16.4 Å². The number of benzene rings is 1. The van der Waals surface area contributed by atoms with Gasteiger partial charge >= 0.3 is 74.6 Å². The summed E-state index contributed by atoms with van der Waals surface area (Å²) in [6, 6.07) is 12.5. The van der Waals surface area contributed by atoms with Gasteiger partial charge in [0, 0.05) is 32.7 Å². The van der Waals surface area contributed by atoms with Crippen LogP contribution in [0.4, 0.5) is 0 Å². The third-order valence-corrected chi connectivity index (χ3v) is 2.72. The average Bonchev–Trinajstić information content (AvgIpc) is 2.37. The van der Waals surface area contributed by atoms with E-state index in [0.717, 1.165) is 19.4 Å². The van der Waals surface area contributed by atoms with Gasteiger partial charge in [0.15, 0.2) is 0 Å². The molecule has 1 radical (unpaired) electrons. The predicted octanol–water partition coefficient (Wildman–Crippen LogP) is 1.53. The van der Waals surface area contributed by atoms with Crippen molar-refractivity contribution in [2.45, 2.75) is 0 Å². The molecular formula is C13H8NO2WY-3. The predicted molar refractivity (Wildman–Crippen MR) is 60.8 cm³/mol. The second-order valence-corrected chi connectivity index (χ2v) is 4.14. The third kappa shape index (κ3) is 6.44. The van der Waals surface area contributed by atoms with Crippen LogP contribution < -0.4 is 0 Å². The number of carbonyl (C=O) groups is 1. The van der Waals surface area contributed by atoms with Gasteiger partial charge in [0.1, 0.15) is 0 Å². The molecule has 0 amide bonds. The number of nitrogens with zero attached hydrogens (tertiary/aromatic N) is 1. The van der Waals surface area contributed by atoms with Crippen LogP contribution in [0, 0.1) is 12.6 Å².